The molecule has 0 radical (unpaired) electrons. The fraction of sp³-hybridized carbons (Fsp3) is 0.333. The molecule has 0 saturated heterocycles. The summed E-state index contributed by atoms with van der Waals surface area (Å²) in [6.45, 7) is 0.101. The van der Waals surface area contributed by atoms with Gasteiger partial charge in [0, 0.05) is 11.7 Å². The van der Waals surface area contributed by atoms with E-state index in [0.29, 0.717) is 5.69 Å². The van der Waals surface area contributed by atoms with Gasteiger partial charge in [0.25, 0.3) is 0 Å². The first-order valence-corrected chi connectivity index (χ1v) is 9.06. The molecule has 1 atom stereocenters. The average Bonchev–Trinajstić information content (AvgIpc) is 3.47. The van der Waals surface area contributed by atoms with Crippen molar-refractivity contribution >= 4 is 17.5 Å². The molecule has 0 bridgehead atoms. The van der Waals surface area contributed by atoms with Gasteiger partial charge in [0.2, 0.25) is 11.8 Å². The lowest BCUT2D eigenvalue weighted by Gasteiger charge is -2.27. The van der Waals surface area contributed by atoms with Crippen molar-refractivity contribution in [1.29, 1.82) is 0 Å². The van der Waals surface area contributed by atoms with E-state index in [-0.39, 0.29) is 24.4 Å². The van der Waals surface area contributed by atoms with Gasteiger partial charge in [-0.1, -0.05) is 30.3 Å². The second-order valence-electron chi connectivity index (χ2n) is 6.79. The van der Waals surface area contributed by atoms with Crippen molar-refractivity contribution in [2.24, 2.45) is 0 Å². The van der Waals surface area contributed by atoms with Crippen molar-refractivity contribution in [3.05, 3.63) is 60.2 Å². The highest BCUT2D eigenvalue weighted by molar-refractivity contribution is 5.93. The second kappa shape index (κ2) is 8.68. The molecule has 0 heterocycles. The van der Waals surface area contributed by atoms with Crippen LogP contribution in [0.2, 0.25) is 0 Å². The van der Waals surface area contributed by atoms with Crippen LogP contribution < -0.4 is 15.4 Å². The van der Waals surface area contributed by atoms with Gasteiger partial charge in [-0.3, -0.25) is 14.5 Å². The van der Waals surface area contributed by atoms with Gasteiger partial charge in [-0.2, -0.15) is 0 Å². The Labute approximate surface area is 159 Å². The SMILES string of the molecule is COc1ccc(NC(=O)CN(C)[C@@H](C(=O)NC2CC2)c2ccccc2)cc1. The molecule has 0 aromatic heterocycles. The summed E-state index contributed by atoms with van der Waals surface area (Å²) in [6, 6.07) is 16.4. The predicted molar refractivity (Wildman–Crippen MR) is 105 cm³/mol. The Kier molecular flexibility index (Phi) is 6.08. The summed E-state index contributed by atoms with van der Waals surface area (Å²) < 4.78 is 5.12. The van der Waals surface area contributed by atoms with Crippen LogP contribution in [-0.2, 0) is 9.59 Å². The number of hydrogen-bond donors (Lipinski definition) is 2. The van der Waals surface area contributed by atoms with Gasteiger partial charge >= 0.3 is 0 Å². The molecule has 1 aliphatic rings. The molecule has 1 fully saturated rings. The molecule has 2 N–H and O–H groups in total. The zero-order chi connectivity index (χ0) is 19.2. The van der Waals surface area contributed by atoms with Gasteiger partial charge < -0.3 is 15.4 Å². The van der Waals surface area contributed by atoms with E-state index in [9.17, 15) is 9.59 Å². The fourth-order valence-electron chi connectivity index (χ4n) is 2.94. The van der Waals surface area contributed by atoms with Gasteiger partial charge in [-0.15, -0.1) is 0 Å². The van der Waals surface area contributed by atoms with E-state index < -0.39 is 6.04 Å². The van der Waals surface area contributed by atoms with Crippen LogP contribution in [0, 0.1) is 0 Å². The number of nitrogens with one attached hydrogen (secondary N) is 2. The zero-order valence-corrected chi connectivity index (χ0v) is 15.6. The highest BCUT2D eigenvalue weighted by atomic mass is 16.5. The Morgan fingerprint density at radius 3 is 2.37 bits per heavy atom. The summed E-state index contributed by atoms with van der Waals surface area (Å²) in [6.07, 6.45) is 2.05. The minimum Gasteiger partial charge on any atom is -0.497 e. The Hall–Kier alpha value is -2.86. The number of anilines is 1. The minimum atomic E-state index is -0.506. The Morgan fingerprint density at radius 2 is 1.78 bits per heavy atom. The summed E-state index contributed by atoms with van der Waals surface area (Å²) >= 11 is 0. The van der Waals surface area contributed by atoms with Gasteiger partial charge in [0.15, 0.2) is 0 Å². The smallest absolute Gasteiger partial charge is 0.242 e. The van der Waals surface area contributed by atoms with Crippen LogP contribution in [0.25, 0.3) is 0 Å². The average molecular weight is 367 g/mol. The molecule has 6 nitrogen and oxygen atoms in total. The topological polar surface area (TPSA) is 70.7 Å². The van der Waals surface area contributed by atoms with Crippen LogP contribution in [0.4, 0.5) is 5.69 Å². The first-order valence-electron chi connectivity index (χ1n) is 9.06. The van der Waals surface area contributed by atoms with E-state index in [2.05, 4.69) is 10.6 Å². The van der Waals surface area contributed by atoms with Crippen LogP contribution in [0.15, 0.2) is 54.6 Å². The number of methoxy groups -OCH3 is 1. The third-order valence-corrected chi connectivity index (χ3v) is 4.49. The molecular weight excluding hydrogens is 342 g/mol. The van der Waals surface area contributed by atoms with Gasteiger partial charge in [-0.05, 0) is 49.7 Å². The number of likely N-dealkylation sites (N-methyl/N-ethyl adjacent to an activating group) is 1. The molecule has 2 amide bonds. The minimum absolute atomic E-state index is 0.0663. The molecule has 0 aliphatic heterocycles. The van der Waals surface area contributed by atoms with E-state index in [1.807, 2.05) is 30.3 Å². The molecule has 27 heavy (non-hydrogen) atoms. The van der Waals surface area contributed by atoms with Gasteiger partial charge in [0.05, 0.1) is 13.7 Å². The van der Waals surface area contributed by atoms with Crippen LogP contribution in [-0.4, -0.2) is 43.5 Å². The first kappa shape index (κ1) is 18.9. The number of carbonyl (C=O) groups excluding carboxylic acids is 2. The van der Waals surface area contributed by atoms with Crippen molar-refractivity contribution in [3.63, 3.8) is 0 Å². The van der Waals surface area contributed by atoms with Gasteiger partial charge in [0.1, 0.15) is 11.8 Å². The molecule has 142 valence electrons. The zero-order valence-electron chi connectivity index (χ0n) is 15.6. The second-order valence-corrected chi connectivity index (χ2v) is 6.79. The molecule has 1 aliphatic carbocycles. The number of carbonyl (C=O) groups is 2. The highest BCUT2D eigenvalue weighted by Gasteiger charge is 2.31. The van der Waals surface area contributed by atoms with Crippen LogP contribution in [0.1, 0.15) is 24.4 Å². The monoisotopic (exact) mass is 367 g/mol. The molecule has 3 rings (SSSR count). The van der Waals surface area contributed by atoms with Crippen LogP contribution in [0.5, 0.6) is 5.75 Å². The largest absolute Gasteiger partial charge is 0.497 e. The maximum atomic E-state index is 12.7. The lowest BCUT2D eigenvalue weighted by Crippen LogP contribution is -2.42. The number of hydrogen-bond acceptors (Lipinski definition) is 4. The molecule has 2 aromatic carbocycles. The summed E-state index contributed by atoms with van der Waals surface area (Å²) in [5.41, 5.74) is 1.56. The van der Waals surface area contributed by atoms with Crippen LogP contribution >= 0.6 is 0 Å². The fourth-order valence-corrected chi connectivity index (χ4v) is 2.94. The number of rotatable bonds is 8. The molecule has 6 heteroatoms. The lowest BCUT2D eigenvalue weighted by atomic mass is 10.0. The predicted octanol–water partition coefficient (Wildman–Crippen LogP) is 2.59. The number of ether oxygens (including phenoxy) is 1. The van der Waals surface area contributed by atoms with E-state index in [1.165, 1.54) is 0 Å². The van der Waals surface area contributed by atoms with Gasteiger partial charge in [-0.25, -0.2) is 0 Å². The van der Waals surface area contributed by atoms with E-state index in [4.69, 9.17) is 4.74 Å². The standard InChI is InChI=1S/C21H25N3O3/c1-24(14-19(25)22-16-10-12-18(27-2)13-11-16)20(15-6-4-3-5-7-15)21(26)23-17-8-9-17/h3-7,10-13,17,20H,8-9,14H2,1-2H3,(H,22,25)(H,23,26)/t20-/m1/s1. The molecular formula is C21H25N3O3. The van der Waals surface area contributed by atoms with Crippen LogP contribution in [0.3, 0.4) is 0 Å². The third-order valence-electron chi connectivity index (χ3n) is 4.49. The van der Waals surface area contributed by atoms with Crippen molar-refractivity contribution in [2.75, 3.05) is 26.0 Å². The number of nitrogens with zero attached hydrogens (tertiary/aromatic N) is 1. The van der Waals surface area contributed by atoms with Crippen molar-refractivity contribution < 1.29 is 14.3 Å². The Bertz CT molecular complexity index is 773. The maximum Gasteiger partial charge on any atom is 0.242 e. The lowest BCUT2D eigenvalue weighted by molar-refractivity contribution is -0.127. The first-order chi connectivity index (χ1) is 13.1. The maximum absolute atomic E-state index is 12.7. The van der Waals surface area contributed by atoms with Crippen molar-refractivity contribution in [3.8, 4) is 5.75 Å². The van der Waals surface area contributed by atoms with Crippen molar-refractivity contribution in [1.82, 2.24) is 10.2 Å². The normalized spacial score (nSPS) is 14.5. The summed E-state index contributed by atoms with van der Waals surface area (Å²) in [4.78, 5) is 27.0. The summed E-state index contributed by atoms with van der Waals surface area (Å²) in [5, 5.41) is 5.90. The molecule has 0 unspecified atom stereocenters. The molecule has 1 saturated carbocycles. The summed E-state index contributed by atoms with van der Waals surface area (Å²) in [7, 11) is 3.39. The number of amides is 2. The Morgan fingerprint density at radius 1 is 1.11 bits per heavy atom. The molecule has 0 spiro atoms. The summed E-state index contributed by atoms with van der Waals surface area (Å²) in [5.74, 6) is 0.484. The number of benzene rings is 2. The molecule has 2 aromatic rings. The third kappa shape index (κ3) is 5.31. The van der Waals surface area contributed by atoms with Crippen molar-refractivity contribution in [2.45, 2.75) is 24.9 Å². The van der Waals surface area contributed by atoms with E-state index in [1.54, 1.807) is 43.3 Å². The van der Waals surface area contributed by atoms with E-state index in [0.717, 1.165) is 24.2 Å². The Balaban J connectivity index is 1.66. The highest BCUT2D eigenvalue weighted by Crippen LogP contribution is 2.24. The quantitative estimate of drug-likeness (QED) is 0.752. The van der Waals surface area contributed by atoms with E-state index >= 15 is 0 Å².